The second kappa shape index (κ2) is 8.38. The number of benzene rings is 2. The summed E-state index contributed by atoms with van der Waals surface area (Å²) in [6, 6.07) is 12.4. The molecule has 0 aliphatic carbocycles. The van der Waals surface area contributed by atoms with Crippen molar-refractivity contribution in [3.05, 3.63) is 70.1 Å². The minimum atomic E-state index is -0.652. The Morgan fingerprint density at radius 3 is 2.50 bits per heavy atom. The predicted molar refractivity (Wildman–Crippen MR) is 94.6 cm³/mol. The van der Waals surface area contributed by atoms with E-state index in [4.69, 9.17) is 4.74 Å². The summed E-state index contributed by atoms with van der Waals surface area (Å²) in [6.45, 7) is 1.30. The Kier molecular flexibility index (Phi) is 5.99. The summed E-state index contributed by atoms with van der Waals surface area (Å²) in [7, 11) is 1.33. The smallest absolute Gasteiger partial charge is 0.279 e. The maximum absolute atomic E-state index is 12.3. The van der Waals surface area contributed by atoms with Gasteiger partial charge in [0.1, 0.15) is 11.4 Å². The van der Waals surface area contributed by atoms with Crippen molar-refractivity contribution in [1.29, 1.82) is 0 Å². The van der Waals surface area contributed by atoms with Crippen molar-refractivity contribution in [2.24, 2.45) is 10.2 Å². The monoisotopic (exact) mass is 356 g/mol. The average molecular weight is 356 g/mol. The van der Waals surface area contributed by atoms with Crippen LogP contribution in [0.25, 0.3) is 0 Å². The number of carbonyl (C=O) groups excluding carboxylic acids is 1. The van der Waals surface area contributed by atoms with Crippen LogP contribution in [0.3, 0.4) is 0 Å². The summed E-state index contributed by atoms with van der Waals surface area (Å²) < 4.78 is 5.05. The molecule has 9 heteroatoms. The number of para-hydroxylation sites is 1. The molecule has 0 atom stereocenters. The van der Waals surface area contributed by atoms with E-state index in [2.05, 4.69) is 15.5 Å². The van der Waals surface area contributed by atoms with Crippen LogP contribution in [0.1, 0.15) is 6.92 Å². The number of rotatable bonds is 6. The number of carbonyl (C=O) groups is 1. The number of nitro groups is 1. The van der Waals surface area contributed by atoms with Crippen LogP contribution in [0.4, 0.5) is 17.1 Å². The van der Waals surface area contributed by atoms with Gasteiger partial charge in [-0.1, -0.05) is 18.2 Å². The lowest BCUT2D eigenvalue weighted by Gasteiger charge is -2.06. The number of nitrogens with one attached hydrogen (secondary N) is 1. The molecule has 0 saturated heterocycles. The summed E-state index contributed by atoms with van der Waals surface area (Å²) >= 11 is 0. The molecule has 26 heavy (non-hydrogen) atoms. The normalized spacial score (nSPS) is 11.8. The molecule has 0 aliphatic heterocycles. The largest absolute Gasteiger partial charge is 0.510 e. The number of aliphatic hydroxyl groups excluding tert-OH is 1. The lowest BCUT2D eigenvalue weighted by Crippen LogP contribution is -2.14. The SMILES string of the molecule is COc1cc([N+](=O)[O-])ccc1N=N/C(C(=O)Nc1ccccc1)=C(\C)O. The van der Waals surface area contributed by atoms with Gasteiger partial charge in [-0.15, -0.1) is 10.2 Å². The molecule has 2 aromatic rings. The maximum atomic E-state index is 12.3. The second-order valence-electron chi connectivity index (χ2n) is 5.07. The van der Waals surface area contributed by atoms with Crippen LogP contribution in [-0.2, 0) is 4.79 Å². The minimum absolute atomic E-state index is 0.112. The Balaban J connectivity index is 2.26. The molecule has 0 aromatic heterocycles. The van der Waals surface area contributed by atoms with Crippen LogP contribution in [0.15, 0.2) is 70.2 Å². The third kappa shape index (κ3) is 4.63. The number of nitrogens with zero attached hydrogens (tertiary/aromatic N) is 3. The molecule has 0 heterocycles. The zero-order chi connectivity index (χ0) is 19.1. The summed E-state index contributed by atoms with van der Waals surface area (Å²) in [6.07, 6.45) is 0. The maximum Gasteiger partial charge on any atom is 0.279 e. The van der Waals surface area contributed by atoms with Crippen molar-refractivity contribution in [3.8, 4) is 5.75 Å². The summed E-state index contributed by atoms with van der Waals surface area (Å²) in [4.78, 5) is 22.5. The van der Waals surface area contributed by atoms with Crippen molar-refractivity contribution in [3.63, 3.8) is 0 Å². The average Bonchev–Trinajstić information content (AvgIpc) is 2.62. The predicted octanol–water partition coefficient (Wildman–Crippen LogP) is 4.12. The highest BCUT2D eigenvalue weighted by Gasteiger charge is 2.15. The summed E-state index contributed by atoms with van der Waals surface area (Å²) in [5, 5.41) is 30.7. The van der Waals surface area contributed by atoms with Crippen molar-refractivity contribution in [1.82, 2.24) is 0 Å². The molecular formula is C17H16N4O5. The molecule has 0 aliphatic rings. The highest BCUT2D eigenvalue weighted by atomic mass is 16.6. The fourth-order valence-electron chi connectivity index (χ4n) is 1.96. The molecule has 0 unspecified atom stereocenters. The van der Waals surface area contributed by atoms with Gasteiger partial charge in [0.05, 0.1) is 18.1 Å². The zero-order valence-corrected chi connectivity index (χ0v) is 14.0. The Hall–Kier alpha value is -3.75. The van der Waals surface area contributed by atoms with Gasteiger partial charge >= 0.3 is 0 Å². The first-order valence-corrected chi connectivity index (χ1v) is 7.42. The zero-order valence-electron chi connectivity index (χ0n) is 14.0. The van der Waals surface area contributed by atoms with Gasteiger partial charge in [-0.3, -0.25) is 14.9 Å². The van der Waals surface area contributed by atoms with Crippen LogP contribution in [-0.4, -0.2) is 23.0 Å². The molecule has 0 fully saturated rings. The Morgan fingerprint density at radius 2 is 1.92 bits per heavy atom. The molecule has 134 valence electrons. The van der Waals surface area contributed by atoms with E-state index in [0.29, 0.717) is 5.69 Å². The van der Waals surface area contributed by atoms with E-state index in [0.717, 1.165) is 0 Å². The first-order valence-electron chi connectivity index (χ1n) is 7.42. The van der Waals surface area contributed by atoms with E-state index >= 15 is 0 Å². The molecule has 0 bridgehead atoms. The van der Waals surface area contributed by atoms with Gasteiger partial charge in [0.15, 0.2) is 11.4 Å². The van der Waals surface area contributed by atoms with Crippen LogP contribution in [0.5, 0.6) is 5.75 Å². The van der Waals surface area contributed by atoms with E-state index in [-0.39, 0.29) is 28.6 Å². The number of hydrogen-bond donors (Lipinski definition) is 2. The number of allylic oxidation sites excluding steroid dienone is 1. The number of hydrogen-bond acceptors (Lipinski definition) is 7. The molecule has 2 aromatic carbocycles. The first kappa shape index (κ1) is 18.6. The van der Waals surface area contributed by atoms with Gasteiger partial charge in [-0.05, 0) is 25.1 Å². The van der Waals surface area contributed by atoms with Crippen molar-refractivity contribution < 1.29 is 19.6 Å². The summed E-state index contributed by atoms with van der Waals surface area (Å²) in [5.74, 6) is -0.870. The molecule has 0 saturated carbocycles. The highest BCUT2D eigenvalue weighted by molar-refractivity contribution is 6.03. The van der Waals surface area contributed by atoms with Gasteiger partial charge in [0.2, 0.25) is 0 Å². The van der Waals surface area contributed by atoms with Crippen LogP contribution < -0.4 is 10.1 Å². The number of nitro benzene ring substituents is 1. The molecule has 9 nitrogen and oxygen atoms in total. The minimum Gasteiger partial charge on any atom is -0.510 e. The lowest BCUT2D eigenvalue weighted by atomic mass is 10.2. The molecular weight excluding hydrogens is 340 g/mol. The van der Waals surface area contributed by atoms with E-state index in [1.807, 2.05) is 0 Å². The third-order valence-electron chi connectivity index (χ3n) is 3.22. The second-order valence-corrected chi connectivity index (χ2v) is 5.07. The Bertz CT molecular complexity index is 874. The van der Waals surface area contributed by atoms with Crippen LogP contribution in [0, 0.1) is 10.1 Å². The topological polar surface area (TPSA) is 126 Å². The van der Waals surface area contributed by atoms with Crippen molar-refractivity contribution >= 4 is 23.0 Å². The van der Waals surface area contributed by atoms with Gasteiger partial charge < -0.3 is 15.2 Å². The van der Waals surface area contributed by atoms with Gasteiger partial charge in [0.25, 0.3) is 11.6 Å². The van der Waals surface area contributed by atoms with E-state index < -0.39 is 10.8 Å². The molecule has 2 N–H and O–H groups in total. The Labute approximate surface area is 148 Å². The molecule has 0 spiro atoms. The van der Waals surface area contributed by atoms with Crippen molar-refractivity contribution in [2.45, 2.75) is 6.92 Å². The van der Waals surface area contributed by atoms with E-state index in [9.17, 15) is 20.0 Å². The molecule has 2 rings (SSSR count). The van der Waals surface area contributed by atoms with Gasteiger partial charge in [-0.2, -0.15) is 0 Å². The number of non-ortho nitro benzene ring substituents is 1. The first-order chi connectivity index (χ1) is 12.4. The standard InChI is InChI=1S/C17H16N4O5/c1-11(22)16(17(23)18-12-6-4-3-5-7-12)20-19-14-9-8-13(21(24)25)10-15(14)26-2/h3-10,22H,1-2H3,(H,18,23)/b16-11+,20-19?. The fourth-order valence-corrected chi connectivity index (χ4v) is 1.96. The number of amides is 1. The van der Waals surface area contributed by atoms with Gasteiger partial charge in [0, 0.05) is 11.8 Å². The number of anilines is 1. The highest BCUT2D eigenvalue weighted by Crippen LogP contribution is 2.32. The van der Waals surface area contributed by atoms with E-state index in [1.165, 1.54) is 32.2 Å². The van der Waals surface area contributed by atoms with E-state index in [1.54, 1.807) is 30.3 Å². The lowest BCUT2D eigenvalue weighted by molar-refractivity contribution is -0.384. The quantitative estimate of drug-likeness (QED) is 0.265. The van der Waals surface area contributed by atoms with Crippen LogP contribution >= 0.6 is 0 Å². The number of methoxy groups -OCH3 is 1. The van der Waals surface area contributed by atoms with Crippen LogP contribution in [0.2, 0.25) is 0 Å². The summed E-state index contributed by atoms with van der Waals surface area (Å²) in [5.41, 5.74) is 0.231. The third-order valence-corrected chi connectivity index (χ3v) is 3.22. The van der Waals surface area contributed by atoms with Crippen molar-refractivity contribution in [2.75, 3.05) is 12.4 Å². The number of aliphatic hydroxyl groups is 1. The number of azo groups is 1. The van der Waals surface area contributed by atoms with Gasteiger partial charge in [-0.25, -0.2) is 0 Å². The fraction of sp³-hybridized carbons (Fsp3) is 0.118. The Morgan fingerprint density at radius 1 is 1.23 bits per heavy atom. The molecule has 1 amide bonds. The molecule has 0 radical (unpaired) electrons. The number of ether oxygens (including phenoxy) is 1.